The van der Waals surface area contributed by atoms with Crippen LogP contribution in [0.25, 0.3) is 0 Å². The van der Waals surface area contributed by atoms with Gasteiger partial charge in [-0.05, 0) is 38.4 Å². The quantitative estimate of drug-likeness (QED) is 0.762. The summed E-state index contributed by atoms with van der Waals surface area (Å²) in [5.41, 5.74) is 0.705. The highest BCUT2D eigenvalue weighted by atomic mass is 19.1. The van der Waals surface area contributed by atoms with Crippen molar-refractivity contribution < 1.29 is 4.39 Å². The van der Waals surface area contributed by atoms with Crippen molar-refractivity contribution in [3.63, 3.8) is 0 Å². The molecule has 2 nitrogen and oxygen atoms in total. The van der Waals surface area contributed by atoms with Crippen LogP contribution in [0.5, 0.6) is 0 Å². The second-order valence-electron chi connectivity index (χ2n) is 4.55. The third-order valence-corrected chi connectivity index (χ3v) is 3.19. The van der Waals surface area contributed by atoms with Crippen molar-refractivity contribution in [2.45, 2.75) is 39.7 Å². The van der Waals surface area contributed by atoms with Crippen LogP contribution < -0.4 is 10.2 Å². The van der Waals surface area contributed by atoms with Gasteiger partial charge in [0.15, 0.2) is 0 Å². The third-order valence-electron chi connectivity index (χ3n) is 3.19. The van der Waals surface area contributed by atoms with Crippen LogP contribution in [0.2, 0.25) is 0 Å². The van der Waals surface area contributed by atoms with E-state index < -0.39 is 0 Å². The molecule has 0 amide bonds. The second-order valence-corrected chi connectivity index (χ2v) is 4.55. The topological polar surface area (TPSA) is 15.3 Å². The van der Waals surface area contributed by atoms with E-state index in [1.54, 1.807) is 6.07 Å². The molecule has 0 aliphatic heterocycles. The minimum absolute atomic E-state index is 0.135. The molecule has 0 spiro atoms. The minimum atomic E-state index is -0.135. The van der Waals surface area contributed by atoms with Crippen molar-refractivity contribution >= 4 is 5.69 Å². The first kappa shape index (κ1) is 15.0. The Hall–Kier alpha value is -1.09. The smallest absolute Gasteiger partial charge is 0.146 e. The molecule has 1 unspecified atom stereocenters. The number of benzene rings is 1. The lowest BCUT2D eigenvalue weighted by Crippen LogP contribution is -2.41. The number of nitrogens with zero attached hydrogens (tertiary/aromatic N) is 1. The first-order chi connectivity index (χ1) is 8.72. The molecule has 0 aliphatic carbocycles. The predicted octanol–water partition coefficient (Wildman–Crippen LogP) is 3.43. The molecule has 0 saturated heterocycles. The molecule has 1 N–H and O–H groups in total. The molecule has 0 bridgehead atoms. The Labute approximate surface area is 110 Å². The maximum atomic E-state index is 13.8. The molecular weight excluding hydrogens is 227 g/mol. The molecule has 1 rings (SSSR count). The highest BCUT2D eigenvalue weighted by Gasteiger charge is 2.14. The van der Waals surface area contributed by atoms with Gasteiger partial charge in [-0.2, -0.15) is 0 Å². The van der Waals surface area contributed by atoms with Crippen molar-refractivity contribution in [2.75, 3.05) is 24.5 Å². The van der Waals surface area contributed by atoms with E-state index in [2.05, 4.69) is 31.0 Å². The molecule has 0 fully saturated rings. The molecule has 0 heterocycles. The van der Waals surface area contributed by atoms with Crippen LogP contribution in [-0.2, 0) is 0 Å². The number of hydrogen-bond acceptors (Lipinski definition) is 2. The third kappa shape index (κ3) is 4.30. The van der Waals surface area contributed by atoms with Gasteiger partial charge in [0, 0.05) is 19.1 Å². The van der Waals surface area contributed by atoms with Crippen LogP contribution in [0.4, 0.5) is 10.1 Å². The molecule has 1 aromatic rings. The molecule has 0 radical (unpaired) electrons. The van der Waals surface area contributed by atoms with Gasteiger partial charge in [0.25, 0.3) is 0 Å². The lowest BCUT2D eigenvalue weighted by atomic mass is 10.2. The van der Waals surface area contributed by atoms with Crippen LogP contribution in [0.1, 0.15) is 33.6 Å². The van der Waals surface area contributed by atoms with Gasteiger partial charge < -0.3 is 10.2 Å². The molecule has 1 atom stereocenters. The maximum Gasteiger partial charge on any atom is 0.146 e. The van der Waals surface area contributed by atoms with E-state index in [0.29, 0.717) is 11.7 Å². The first-order valence-electron chi connectivity index (χ1n) is 6.95. The molecule has 1 aromatic carbocycles. The molecule has 0 aromatic heterocycles. The van der Waals surface area contributed by atoms with E-state index >= 15 is 0 Å². The normalized spacial score (nSPS) is 12.4. The van der Waals surface area contributed by atoms with Gasteiger partial charge in [-0.3, -0.25) is 0 Å². The monoisotopic (exact) mass is 252 g/mol. The van der Waals surface area contributed by atoms with Crippen molar-refractivity contribution in [2.24, 2.45) is 0 Å². The van der Waals surface area contributed by atoms with E-state index in [1.807, 2.05) is 12.1 Å². The van der Waals surface area contributed by atoms with Gasteiger partial charge in [-0.15, -0.1) is 0 Å². The van der Waals surface area contributed by atoms with Gasteiger partial charge in [-0.25, -0.2) is 4.39 Å². The summed E-state index contributed by atoms with van der Waals surface area (Å²) in [7, 11) is 0. The van der Waals surface area contributed by atoms with Crippen LogP contribution in [0, 0.1) is 5.82 Å². The predicted molar refractivity (Wildman–Crippen MR) is 76.7 cm³/mol. The Kier molecular flexibility index (Phi) is 6.73. The van der Waals surface area contributed by atoms with E-state index in [4.69, 9.17) is 0 Å². The Morgan fingerprint density at radius 3 is 2.50 bits per heavy atom. The van der Waals surface area contributed by atoms with E-state index in [-0.39, 0.29) is 5.82 Å². The van der Waals surface area contributed by atoms with Crippen LogP contribution in [0.3, 0.4) is 0 Å². The average Bonchev–Trinajstić information content (AvgIpc) is 2.40. The number of nitrogens with one attached hydrogen (secondary N) is 1. The van der Waals surface area contributed by atoms with Gasteiger partial charge in [0.2, 0.25) is 0 Å². The lowest BCUT2D eigenvalue weighted by molar-refractivity contribution is 0.487. The van der Waals surface area contributed by atoms with Crippen molar-refractivity contribution in [3.05, 3.63) is 30.1 Å². The highest BCUT2D eigenvalue weighted by Crippen LogP contribution is 2.18. The van der Waals surface area contributed by atoms with Gasteiger partial charge in [0.1, 0.15) is 5.82 Å². The van der Waals surface area contributed by atoms with Gasteiger partial charge >= 0.3 is 0 Å². The molecule has 0 aliphatic rings. The second kappa shape index (κ2) is 8.09. The van der Waals surface area contributed by atoms with Crippen molar-refractivity contribution in [1.29, 1.82) is 0 Å². The zero-order chi connectivity index (χ0) is 13.4. The molecule has 18 heavy (non-hydrogen) atoms. The fraction of sp³-hybridized carbons (Fsp3) is 0.600. The minimum Gasteiger partial charge on any atom is -0.368 e. The number of halogens is 1. The zero-order valence-electron chi connectivity index (χ0n) is 11.7. The maximum absolute atomic E-state index is 13.8. The summed E-state index contributed by atoms with van der Waals surface area (Å²) in [6.45, 7) is 9.10. The van der Waals surface area contributed by atoms with Gasteiger partial charge in [0.05, 0.1) is 5.69 Å². The summed E-state index contributed by atoms with van der Waals surface area (Å²) in [4.78, 5) is 2.10. The standard InChI is InChI=1S/C15H25FN2/c1-4-11-17-13(5-2)12-18(6-3)15-10-8-7-9-14(15)16/h7-10,13,17H,4-6,11-12H2,1-3H3. The number of rotatable bonds is 8. The van der Waals surface area contributed by atoms with Crippen molar-refractivity contribution in [1.82, 2.24) is 5.32 Å². The Bertz CT molecular complexity index is 341. The van der Waals surface area contributed by atoms with E-state index in [0.717, 1.165) is 32.5 Å². The molecule has 3 heteroatoms. The fourth-order valence-corrected chi connectivity index (χ4v) is 2.06. The van der Waals surface area contributed by atoms with E-state index in [9.17, 15) is 4.39 Å². The number of hydrogen-bond donors (Lipinski definition) is 1. The van der Waals surface area contributed by atoms with E-state index in [1.165, 1.54) is 6.07 Å². The molecular formula is C15H25FN2. The van der Waals surface area contributed by atoms with Gasteiger partial charge in [-0.1, -0.05) is 26.0 Å². The molecule has 0 saturated carbocycles. The summed E-state index contributed by atoms with van der Waals surface area (Å²) < 4.78 is 13.8. The Balaban J connectivity index is 2.68. The first-order valence-corrected chi connectivity index (χ1v) is 6.95. The number of anilines is 1. The highest BCUT2D eigenvalue weighted by molar-refractivity contribution is 5.47. The fourth-order valence-electron chi connectivity index (χ4n) is 2.06. The summed E-state index contributed by atoms with van der Waals surface area (Å²) in [6.07, 6.45) is 2.19. The SMILES string of the molecule is CCCNC(CC)CN(CC)c1ccccc1F. The van der Waals surface area contributed by atoms with Crippen LogP contribution in [0.15, 0.2) is 24.3 Å². The Morgan fingerprint density at radius 2 is 1.94 bits per heavy atom. The van der Waals surface area contributed by atoms with Crippen molar-refractivity contribution in [3.8, 4) is 0 Å². The lowest BCUT2D eigenvalue weighted by Gasteiger charge is -2.28. The largest absolute Gasteiger partial charge is 0.368 e. The summed E-state index contributed by atoms with van der Waals surface area (Å²) >= 11 is 0. The Morgan fingerprint density at radius 1 is 1.22 bits per heavy atom. The summed E-state index contributed by atoms with van der Waals surface area (Å²) in [5.74, 6) is -0.135. The summed E-state index contributed by atoms with van der Waals surface area (Å²) in [5, 5.41) is 3.51. The van der Waals surface area contributed by atoms with Crippen LogP contribution in [-0.4, -0.2) is 25.7 Å². The number of para-hydroxylation sites is 1. The van der Waals surface area contributed by atoms with Crippen LogP contribution >= 0.6 is 0 Å². The molecule has 102 valence electrons. The zero-order valence-corrected chi connectivity index (χ0v) is 11.7. The number of likely N-dealkylation sites (N-methyl/N-ethyl adjacent to an activating group) is 1. The summed E-state index contributed by atoms with van der Waals surface area (Å²) in [6, 6.07) is 7.43. The average molecular weight is 252 g/mol.